The van der Waals surface area contributed by atoms with Crippen LogP contribution in [0.15, 0.2) is 71.7 Å². The van der Waals surface area contributed by atoms with Crippen molar-refractivity contribution in [2.75, 3.05) is 4.90 Å². The normalized spacial score (nSPS) is 16.2. The molecule has 3 rings (SSSR count). The summed E-state index contributed by atoms with van der Waals surface area (Å²) < 4.78 is 0. The number of allylic oxidation sites excluding steroid dienone is 2. The zero-order chi connectivity index (χ0) is 17.8. The number of carbonyl (C=O) groups is 2. The molecule has 0 atom stereocenters. The van der Waals surface area contributed by atoms with Crippen LogP contribution in [-0.4, -0.2) is 16.1 Å². The number of thioether (sulfide) groups is 1. The third kappa shape index (κ3) is 3.67. The van der Waals surface area contributed by atoms with Crippen molar-refractivity contribution in [1.29, 1.82) is 0 Å². The molecule has 25 heavy (non-hydrogen) atoms. The average Bonchev–Trinajstić information content (AvgIpc) is 2.90. The molecule has 1 saturated heterocycles. The fourth-order valence-electron chi connectivity index (χ4n) is 2.24. The van der Waals surface area contributed by atoms with Gasteiger partial charge < -0.3 is 0 Å². The van der Waals surface area contributed by atoms with Gasteiger partial charge in [-0.1, -0.05) is 30.4 Å². The first-order valence-corrected chi connectivity index (χ1v) is 8.12. The SMILES string of the molecule is O=C1S/C(=C/C=C/c2ccc([N+](=O)[O-])cc2)C(=O)N1c1ccccc1. The lowest BCUT2D eigenvalue weighted by atomic mass is 10.2. The molecule has 124 valence electrons. The van der Waals surface area contributed by atoms with Crippen molar-refractivity contribution in [2.24, 2.45) is 0 Å². The van der Waals surface area contributed by atoms with Gasteiger partial charge in [-0.15, -0.1) is 0 Å². The quantitative estimate of drug-likeness (QED) is 0.463. The summed E-state index contributed by atoms with van der Waals surface area (Å²) in [6, 6.07) is 14.8. The Morgan fingerprint density at radius 2 is 1.68 bits per heavy atom. The van der Waals surface area contributed by atoms with Gasteiger partial charge >= 0.3 is 0 Å². The molecule has 0 N–H and O–H groups in total. The highest BCUT2D eigenvalue weighted by Crippen LogP contribution is 2.34. The summed E-state index contributed by atoms with van der Waals surface area (Å²) in [6.45, 7) is 0. The van der Waals surface area contributed by atoms with Gasteiger partial charge in [-0.3, -0.25) is 19.7 Å². The van der Waals surface area contributed by atoms with Gasteiger partial charge in [0, 0.05) is 12.1 Å². The topological polar surface area (TPSA) is 80.5 Å². The van der Waals surface area contributed by atoms with E-state index < -0.39 is 4.92 Å². The molecule has 0 radical (unpaired) electrons. The number of nitrogens with zero attached hydrogens (tertiary/aromatic N) is 2. The molecule has 2 aromatic carbocycles. The number of hydrogen-bond donors (Lipinski definition) is 0. The van der Waals surface area contributed by atoms with E-state index in [0.717, 1.165) is 22.2 Å². The van der Waals surface area contributed by atoms with Crippen LogP contribution < -0.4 is 4.90 Å². The molecular formula is C18H12N2O4S. The van der Waals surface area contributed by atoms with Gasteiger partial charge in [0.25, 0.3) is 16.8 Å². The minimum atomic E-state index is -0.465. The van der Waals surface area contributed by atoms with Crippen LogP contribution in [-0.2, 0) is 4.79 Å². The molecule has 0 spiro atoms. The van der Waals surface area contributed by atoms with E-state index in [2.05, 4.69) is 0 Å². The van der Waals surface area contributed by atoms with Crippen LogP contribution in [0, 0.1) is 10.1 Å². The van der Waals surface area contributed by atoms with Crippen LogP contribution in [0.1, 0.15) is 5.56 Å². The van der Waals surface area contributed by atoms with Crippen molar-refractivity contribution in [3.05, 3.63) is 87.3 Å². The number of nitro groups is 1. The summed E-state index contributed by atoms with van der Waals surface area (Å²) in [4.78, 5) is 36.1. The molecule has 1 aliphatic heterocycles. The van der Waals surface area contributed by atoms with Crippen molar-refractivity contribution in [3.63, 3.8) is 0 Å². The number of amides is 2. The molecule has 0 saturated carbocycles. The lowest BCUT2D eigenvalue weighted by Crippen LogP contribution is -2.27. The predicted octanol–water partition coefficient (Wildman–Crippen LogP) is 4.39. The molecule has 0 aromatic heterocycles. The first kappa shape index (κ1) is 16.7. The second-order valence-electron chi connectivity index (χ2n) is 5.08. The summed E-state index contributed by atoms with van der Waals surface area (Å²) in [7, 11) is 0. The highest BCUT2D eigenvalue weighted by atomic mass is 32.2. The van der Waals surface area contributed by atoms with Gasteiger partial charge in [0.2, 0.25) is 0 Å². The van der Waals surface area contributed by atoms with E-state index in [1.807, 2.05) is 6.07 Å². The fourth-order valence-corrected chi connectivity index (χ4v) is 3.03. The summed E-state index contributed by atoms with van der Waals surface area (Å²) in [5, 5.41) is 10.3. The molecule has 0 bridgehead atoms. The van der Waals surface area contributed by atoms with Gasteiger partial charge in [0.1, 0.15) is 0 Å². The zero-order valence-electron chi connectivity index (χ0n) is 12.9. The maximum atomic E-state index is 12.4. The van der Waals surface area contributed by atoms with E-state index in [4.69, 9.17) is 0 Å². The van der Waals surface area contributed by atoms with Crippen molar-refractivity contribution in [1.82, 2.24) is 0 Å². The second kappa shape index (κ2) is 7.14. The lowest BCUT2D eigenvalue weighted by Gasteiger charge is -2.11. The molecule has 1 aliphatic rings. The Kier molecular flexibility index (Phi) is 4.76. The Morgan fingerprint density at radius 3 is 2.32 bits per heavy atom. The minimum absolute atomic E-state index is 0.0149. The number of nitro benzene ring substituents is 1. The molecule has 2 amide bonds. The van der Waals surface area contributed by atoms with Crippen LogP contribution in [0.25, 0.3) is 6.08 Å². The van der Waals surface area contributed by atoms with Crippen LogP contribution >= 0.6 is 11.8 Å². The minimum Gasteiger partial charge on any atom is -0.268 e. The van der Waals surface area contributed by atoms with Crippen molar-refractivity contribution < 1.29 is 14.5 Å². The Labute approximate surface area is 147 Å². The molecule has 1 fully saturated rings. The Hall–Kier alpha value is -3.19. The van der Waals surface area contributed by atoms with Crippen molar-refractivity contribution >= 4 is 40.4 Å². The predicted molar refractivity (Wildman–Crippen MR) is 97.1 cm³/mol. The number of non-ortho nitro benzene ring substituents is 1. The fraction of sp³-hybridized carbons (Fsp3) is 0. The largest absolute Gasteiger partial charge is 0.298 e. The summed E-state index contributed by atoms with van der Waals surface area (Å²) in [5.74, 6) is -0.366. The molecular weight excluding hydrogens is 340 g/mol. The van der Waals surface area contributed by atoms with E-state index in [9.17, 15) is 19.7 Å². The van der Waals surface area contributed by atoms with E-state index in [1.54, 1.807) is 54.6 Å². The number of rotatable bonds is 4. The van der Waals surface area contributed by atoms with Crippen LogP contribution in [0.5, 0.6) is 0 Å². The van der Waals surface area contributed by atoms with Gasteiger partial charge in [-0.25, -0.2) is 4.90 Å². The second-order valence-corrected chi connectivity index (χ2v) is 6.08. The molecule has 0 aliphatic carbocycles. The molecule has 1 heterocycles. The van der Waals surface area contributed by atoms with Crippen LogP contribution in [0.2, 0.25) is 0 Å². The van der Waals surface area contributed by atoms with E-state index in [1.165, 1.54) is 12.1 Å². The van der Waals surface area contributed by atoms with Crippen LogP contribution in [0.4, 0.5) is 16.2 Å². The summed E-state index contributed by atoms with van der Waals surface area (Å²) >= 11 is 0.876. The van der Waals surface area contributed by atoms with Gasteiger partial charge in [0.15, 0.2) is 0 Å². The van der Waals surface area contributed by atoms with Crippen molar-refractivity contribution in [2.45, 2.75) is 0 Å². The Balaban J connectivity index is 1.75. The first-order valence-electron chi connectivity index (χ1n) is 7.30. The molecule has 6 nitrogen and oxygen atoms in total. The summed E-state index contributed by atoms with van der Waals surface area (Å²) in [6.07, 6.45) is 4.92. The van der Waals surface area contributed by atoms with E-state index in [0.29, 0.717) is 10.6 Å². The maximum absolute atomic E-state index is 12.4. The number of carbonyl (C=O) groups excluding carboxylic acids is 2. The van der Waals surface area contributed by atoms with Gasteiger partial charge in [-0.2, -0.15) is 0 Å². The third-order valence-corrected chi connectivity index (χ3v) is 4.34. The number of para-hydroxylation sites is 1. The molecule has 2 aromatic rings. The number of imide groups is 1. The summed E-state index contributed by atoms with van der Waals surface area (Å²) in [5.41, 5.74) is 1.30. The monoisotopic (exact) mass is 352 g/mol. The highest BCUT2D eigenvalue weighted by molar-refractivity contribution is 8.18. The lowest BCUT2D eigenvalue weighted by molar-refractivity contribution is -0.384. The number of benzene rings is 2. The van der Waals surface area contributed by atoms with Crippen LogP contribution in [0.3, 0.4) is 0 Å². The third-order valence-electron chi connectivity index (χ3n) is 3.45. The Bertz CT molecular complexity index is 889. The first-order chi connectivity index (χ1) is 12.1. The number of anilines is 1. The maximum Gasteiger partial charge on any atom is 0.298 e. The molecule has 0 unspecified atom stereocenters. The van der Waals surface area contributed by atoms with Gasteiger partial charge in [-0.05, 0) is 47.7 Å². The van der Waals surface area contributed by atoms with Gasteiger partial charge in [0.05, 0.1) is 15.5 Å². The highest BCUT2D eigenvalue weighted by Gasteiger charge is 2.35. The van der Waals surface area contributed by atoms with E-state index in [-0.39, 0.29) is 16.8 Å². The smallest absolute Gasteiger partial charge is 0.268 e. The number of hydrogen-bond acceptors (Lipinski definition) is 5. The van der Waals surface area contributed by atoms with E-state index >= 15 is 0 Å². The van der Waals surface area contributed by atoms with Crippen molar-refractivity contribution in [3.8, 4) is 0 Å². The molecule has 7 heteroatoms. The standard InChI is InChI=1S/C18H12N2O4S/c21-17-16(25-18(22)19(17)14-6-2-1-3-7-14)8-4-5-13-9-11-15(12-10-13)20(23)24/h1-12H/b5-4+,16-8+. The zero-order valence-corrected chi connectivity index (χ0v) is 13.7. The Morgan fingerprint density at radius 1 is 1.00 bits per heavy atom. The average molecular weight is 352 g/mol.